The van der Waals surface area contributed by atoms with E-state index in [-0.39, 0.29) is 11.7 Å². The van der Waals surface area contributed by atoms with E-state index in [1.165, 1.54) is 0 Å². The molecule has 0 radical (unpaired) electrons. The van der Waals surface area contributed by atoms with E-state index < -0.39 is 0 Å². The van der Waals surface area contributed by atoms with E-state index in [1.54, 1.807) is 0 Å². The number of benzene rings is 1. The molecule has 1 aromatic carbocycles. The van der Waals surface area contributed by atoms with Crippen LogP contribution in [-0.4, -0.2) is 32.8 Å². The van der Waals surface area contributed by atoms with E-state index in [1.807, 2.05) is 39.0 Å². The fraction of sp³-hybridized carbons (Fsp3) is 0.500. The molecule has 6 nitrogen and oxygen atoms in total. The van der Waals surface area contributed by atoms with E-state index >= 15 is 0 Å². The van der Waals surface area contributed by atoms with Crippen molar-refractivity contribution < 1.29 is 9.47 Å². The van der Waals surface area contributed by atoms with Crippen LogP contribution in [0, 0.1) is 0 Å². The first-order chi connectivity index (χ1) is 12.3. The first-order valence-electron chi connectivity index (χ1n) is 9.11. The molecule has 2 heterocycles. The molecule has 0 bridgehead atoms. The van der Waals surface area contributed by atoms with Gasteiger partial charge in [-0.2, -0.15) is 0 Å². The molecule has 26 heavy (non-hydrogen) atoms. The molecule has 0 aliphatic heterocycles. The molecule has 0 unspecified atom stereocenters. The minimum atomic E-state index is -0.359. The van der Waals surface area contributed by atoms with Gasteiger partial charge in [0.15, 0.2) is 5.82 Å². The topological polar surface area (TPSA) is 75.2 Å². The monoisotopic (exact) mass is 356 g/mol. The summed E-state index contributed by atoms with van der Waals surface area (Å²) in [6, 6.07) is 8.01. The molecule has 2 aromatic heterocycles. The minimum absolute atomic E-state index is 0.138. The Morgan fingerprint density at radius 3 is 2.62 bits per heavy atom. The van der Waals surface area contributed by atoms with Gasteiger partial charge in [0.1, 0.15) is 17.9 Å². The van der Waals surface area contributed by atoms with Gasteiger partial charge >= 0.3 is 0 Å². The Morgan fingerprint density at radius 1 is 1.19 bits per heavy atom. The second-order valence-electron chi connectivity index (χ2n) is 7.39. The van der Waals surface area contributed by atoms with Gasteiger partial charge in [0, 0.05) is 12.0 Å². The number of fused-ring (bicyclic) bond motifs is 3. The van der Waals surface area contributed by atoms with Gasteiger partial charge < -0.3 is 19.8 Å². The fourth-order valence-corrected chi connectivity index (χ4v) is 3.43. The Hall–Kier alpha value is -2.18. The van der Waals surface area contributed by atoms with Crippen molar-refractivity contribution in [1.82, 2.24) is 14.5 Å². The molecule has 3 rings (SSSR count). The summed E-state index contributed by atoms with van der Waals surface area (Å²) >= 11 is 0. The molecular formula is C20H28N4O2. The van der Waals surface area contributed by atoms with E-state index in [4.69, 9.17) is 20.2 Å². The lowest BCUT2D eigenvalue weighted by atomic mass is 10.1. The number of para-hydroxylation sites is 1. The molecule has 6 heteroatoms. The van der Waals surface area contributed by atoms with Gasteiger partial charge in [0.2, 0.25) is 0 Å². The maximum atomic E-state index is 6.22. The van der Waals surface area contributed by atoms with Crippen LogP contribution >= 0.6 is 0 Å². The highest BCUT2D eigenvalue weighted by molar-refractivity contribution is 6.06. The lowest BCUT2D eigenvalue weighted by Crippen LogP contribution is -2.34. The molecule has 0 saturated heterocycles. The Bertz CT molecular complexity index is 915. The average Bonchev–Trinajstić information content (AvgIpc) is 2.90. The Morgan fingerprint density at radius 2 is 1.92 bits per heavy atom. The van der Waals surface area contributed by atoms with E-state index in [2.05, 4.69) is 29.5 Å². The molecule has 0 fully saturated rings. The first kappa shape index (κ1) is 18.6. The molecule has 0 aliphatic carbocycles. The van der Waals surface area contributed by atoms with Gasteiger partial charge in [-0.3, -0.25) is 0 Å². The van der Waals surface area contributed by atoms with Crippen LogP contribution in [0.1, 0.15) is 40.4 Å². The third-order valence-corrected chi connectivity index (χ3v) is 4.22. The zero-order chi connectivity index (χ0) is 18.9. The number of nitrogens with zero attached hydrogens (tertiary/aromatic N) is 3. The lowest BCUT2D eigenvalue weighted by Gasteiger charge is -2.29. The summed E-state index contributed by atoms with van der Waals surface area (Å²) in [6.07, 6.45) is 0.138. The van der Waals surface area contributed by atoms with Crippen molar-refractivity contribution in [3.05, 3.63) is 30.1 Å². The van der Waals surface area contributed by atoms with Gasteiger partial charge in [0.05, 0.1) is 29.3 Å². The molecule has 2 N–H and O–H groups in total. The van der Waals surface area contributed by atoms with Crippen molar-refractivity contribution in [3.8, 4) is 0 Å². The molecule has 0 saturated carbocycles. The number of pyridine rings is 1. The third-order valence-electron chi connectivity index (χ3n) is 4.22. The van der Waals surface area contributed by atoms with Crippen molar-refractivity contribution in [2.45, 2.75) is 59.5 Å². The van der Waals surface area contributed by atoms with Crippen LogP contribution in [-0.2, 0) is 22.6 Å². The van der Waals surface area contributed by atoms with Crippen LogP contribution in [0.15, 0.2) is 24.3 Å². The van der Waals surface area contributed by atoms with E-state index in [0.29, 0.717) is 25.6 Å². The van der Waals surface area contributed by atoms with Gasteiger partial charge in [0.25, 0.3) is 0 Å². The van der Waals surface area contributed by atoms with Crippen molar-refractivity contribution in [1.29, 1.82) is 0 Å². The second kappa shape index (κ2) is 7.21. The molecule has 0 atom stereocenters. The largest absolute Gasteiger partial charge is 0.382 e. The van der Waals surface area contributed by atoms with Crippen LogP contribution < -0.4 is 5.73 Å². The predicted molar refractivity (Wildman–Crippen MR) is 105 cm³/mol. The summed E-state index contributed by atoms with van der Waals surface area (Å²) in [5, 5.41) is 1.03. The lowest BCUT2D eigenvalue weighted by molar-refractivity contribution is -0.0655. The summed E-state index contributed by atoms with van der Waals surface area (Å²) in [6.45, 7) is 12.0. The minimum Gasteiger partial charge on any atom is -0.382 e. The molecule has 0 amide bonds. The summed E-state index contributed by atoms with van der Waals surface area (Å²) in [7, 11) is 0. The van der Waals surface area contributed by atoms with Gasteiger partial charge in [-0.05, 0) is 40.7 Å². The highest BCUT2D eigenvalue weighted by Crippen LogP contribution is 2.30. The second-order valence-corrected chi connectivity index (χ2v) is 7.39. The first-order valence-corrected chi connectivity index (χ1v) is 9.11. The Balaban J connectivity index is 2.22. The molecule has 0 aliphatic rings. The Kier molecular flexibility index (Phi) is 5.16. The smallest absolute Gasteiger partial charge is 0.152 e. The molecular weight excluding hydrogens is 328 g/mol. The third kappa shape index (κ3) is 3.66. The average molecular weight is 356 g/mol. The number of nitrogen functional groups attached to an aromatic ring is 1. The molecule has 3 aromatic rings. The maximum absolute atomic E-state index is 6.22. The van der Waals surface area contributed by atoms with Crippen LogP contribution in [0.5, 0.6) is 0 Å². The highest BCUT2D eigenvalue weighted by atomic mass is 16.5. The van der Waals surface area contributed by atoms with Crippen molar-refractivity contribution in [2.24, 2.45) is 0 Å². The number of aromatic nitrogens is 3. The van der Waals surface area contributed by atoms with E-state index in [0.717, 1.165) is 27.8 Å². The van der Waals surface area contributed by atoms with Gasteiger partial charge in [-0.1, -0.05) is 18.2 Å². The number of nitrogens with two attached hydrogens (primary N) is 1. The number of imidazole rings is 1. The normalized spacial score (nSPS) is 12.5. The van der Waals surface area contributed by atoms with Gasteiger partial charge in [-0.15, -0.1) is 0 Å². The van der Waals surface area contributed by atoms with Gasteiger partial charge in [-0.25, -0.2) is 9.97 Å². The van der Waals surface area contributed by atoms with Crippen LogP contribution in [0.4, 0.5) is 5.82 Å². The summed E-state index contributed by atoms with van der Waals surface area (Å²) < 4.78 is 14.0. The number of hydrogen-bond donors (Lipinski definition) is 1. The molecule has 0 spiro atoms. The van der Waals surface area contributed by atoms with E-state index in [9.17, 15) is 0 Å². The van der Waals surface area contributed by atoms with Crippen molar-refractivity contribution >= 4 is 27.8 Å². The summed E-state index contributed by atoms with van der Waals surface area (Å²) in [5.41, 5.74) is 8.43. The molecule has 140 valence electrons. The number of ether oxygens (including phenoxy) is 2. The zero-order valence-electron chi connectivity index (χ0n) is 16.2. The maximum Gasteiger partial charge on any atom is 0.152 e. The fourth-order valence-electron chi connectivity index (χ4n) is 3.43. The SMILES string of the molecule is CCOCc1nc2c(N)nc3ccccc3c2n1CC(C)(C)OC(C)C. The standard InChI is InChI=1S/C20H28N4O2/c1-6-25-11-16-23-17-18(24(16)12-20(4,5)26-13(2)3)14-9-7-8-10-15(14)22-19(17)21/h7-10,13H,6,11-12H2,1-5H3,(H2,21,22). The predicted octanol–water partition coefficient (Wildman–Crippen LogP) is 3.91. The quantitative estimate of drug-likeness (QED) is 0.695. The number of hydrogen-bond acceptors (Lipinski definition) is 5. The number of rotatable bonds is 7. The summed E-state index contributed by atoms with van der Waals surface area (Å²) in [5.74, 6) is 1.28. The highest BCUT2D eigenvalue weighted by Gasteiger charge is 2.25. The zero-order valence-corrected chi connectivity index (χ0v) is 16.2. The summed E-state index contributed by atoms with van der Waals surface area (Å²) in [4.78, 5) is 9.27. The van der Waals surface area contributed by atoms with Crippen molar-refractivity contribution in [2.75, 3.05) is 12.3 Å². The van der Waals surface area contributed by atoms with Crippen LogP contribution in [0.2, 0.25) is 0 Å². The number of anilines is 1. The van der Waals surface area contributed by atoms with Crippen LogP contribution in [0.3, 0.4) is 0 Å². The van der Waals surface area contributed by atoms with Crippen molar-refractivity contribution in [3.63, 3.8) is 0 Å². The Labute approximate surface area is 154 Å². The van der Waals surface area contributed by atoms with Crippen LogP contribution in [0.25, 0.3) is 21.9 Å².